The zero-order valence-electron chi connectivity index (χ0n) is 10.3. The molecule has 0 radical (unpaired) electrons. The molecule has 1 rings (SSSR count). The van der Waals surface area contributed by atoms with Gasteiger partial charge in [0.2, 0.25) is 0 Å². The molecule has 0 aliphatic carbocycles. The first-order valence-electron chi connectivity index (χ1n) is 6.21. The minimum atomic E-state index is -0.189. The van der Waals surface area contributed by atoms with E-state index in [2.05, 4.69) is 22.9 Å². The Morgan fingerprint density at radius 1 is 1.24 bits per heavy atom. The number of alkyl halides is 1. The van der Waals surface area contributed by atoms with E-state index in [9.17, 15) is 4.39 Å². The van der Waals surface area contributed by atoms with Crippen molar-refractivity contribution < 1.29 is 9.13 Å². The highest BCUT2D eigenvalue weighted by molar-refractivity contribution is 9.09. The molecule has 0 heterocycles. The highest BCUT2D eigenvalue weighted by atomic mass is 79.9. The van der Waals surface area contributed by atoms with Gasteiger partial charge in [0.15, 0.2) is 0 Å². The third-order valence-corrected chi connectivity index (χ3v) is 3.30. The molecule has 0 bridgehead atoms. The summed E-state index contributed by atoms with van der Waals surface area (Å²) in [4.78, 5) is 0. The van der Waals surface area contributed by atoms with Crippen LogP contribution in [0.25, 0.3) is 0 Å². The summed E-state index contributed by atoms with van der Waals surface area (Å²) in [6.45, 7) is 2.88. The molecule has 0 aliphatic rings. The fourth-order valence-corrected chi connectivity index (χ4v) is 2.24. The first-order chi connectivity index (χ1) is 8.29. The van der Waals surface area contributed by atoms with Gasteiger partial charge in [-0.1, -0.05) is 60.3 Å². The molecule has 1 atom stereocenters. The molecule has 1 nitrogen and oxygen atoms in total. The Morgan fingerprint density at radius 2 is 2.00 bits per heavy atom. The summed E-state index contributed by atoms with van der Waals surface area (Å²) in [6, 6.07) is 6.80. The Balaban J connectivity index is 2.41. The largest absolute Gasteiger partial charge is 0.373 e. The number of rotatable bonds is 8. The van der Waals surface area contributed by atoms with Gasteiger partial charge in [-0.2, -0.15) is 0 Å². The van der Waals surface area contributed by atoms with Crippen molar-refractivity contribution in [3.8, 4) is 0 Å². The molecule has 0 spiro atoms. The molecule has 0 saturated carbocycles. The lowest BCUT2D eigenvalue weighted by molar-refractivity contribution is 0.0644. The molecule has 0 saturated heterocycles. The molecule has 0 amide bonds. The number of benzene rings is 1. The number of ether oxygens (including phenoxy) is 1. The van der Waals surface area contributed by atoms with Gasteiger partial charge < -0.3 is 4.74 Å². The Bertz CT molecular complexity index is 317. The molecule has 17 heavy (non-hydrogen) atoms. The van der Waals surface area contributed by atoms with Crippen LogP contribution >= 0.6 is 15.9 Å². The number of hydrogen-bond acceptors (Lipinski definition) is 1. The number of halogens is 2. The molecule has 0 aliphatic heterocycles. The highest BCUT2D eigenvalue weighted by Gasteiger charge is 2.14. The standard InChI is InChI=1S/C14H20BrFO/c1-2-3-4-7-10-17-14(11-15)12-8-5-6-9-13(12)16/h5-6,8-9,14H,2-4,7,10-11H2,1H3. The first-order valence-corrected chi connectivity index (χ1v) is 7.33. The van der Waals surface area contributed by atoms with E-state index >= 15 is 0 Å². The average molecular weight is 303 g/mol. The summed E-state index contributed by atoms with van der Waals surface area (Å²) in [5.74, 6) is -0.189. The molecule has 0 aromatic heterocycles. The SMILES string of the molecule is CCCCCCOC(CBr)c1ccccc1F. The molecule has 3 heteroatoms. The van der Waals surface area contributed by atoms with Crippen LogP contribution in [0.1, 0.15) is 44.3 Å². The van der Waals surface area contributed by atoms with Gasteiger partial charge in [-0.05, 0) is 12.5 Å². The summed E-state index contributed by atoms with van der Waals surface area (Å²) in [5, 5.41) is 0.627. The highest BCUT2D eigenvalue weighted by Crippen LogP contribution is 2.22. The zero-order chi connectivity index (χ0) is 12.5. The third-order valence-electron chi connectivity index (χ3n) is 2.71. The average Bonchev–Trinajstić information content (AvgIpc) is 2.35. The molecule has 0 N–H and O–H groups in total. The minimum absolute atomic E-state index is 0.183. The van der Waals surface area contributed by atoms with E-state index in [0.29, 0.717) is 17.5 Å². The van der Waals surface area contributed by atoms with Crippen molar-refractivity contribution in [3.05, 3.63) is 35.6 Å². The van der Waals surface area contributed by atoms with Crippen LogP contribution in [0.2, 0.25) is 0 Å². The van der Waals surface area contributed by atoms with Gasteiger partial charge in [-0.15, -0.1) is 0 Å². The third kappa shape index (κ3) is 5.17. The van der Waals surface area contributed by atoms with Gasteiger partial charge in [-0.3, -0.25) is 0 Å². The van der Waals surface area contributed by atoms with Crippen LogP contribution in [0.15, 0.2) is 24.3 Å². The summed E-state index contributed by atoms with van der Waals surface area (Å²) in [5.41, 5.74) is 0.639. The van der Waals surface area contributed by atoms with Gasteiger partial charge in [0.05, 0.1) is 6.10 Å². The van der Waals surface area contributed by atoms with E-state index in [-0.39, 0.29) is 11.9 Å². The van der Waals surface area contributed by atoms with Crippen molar-refractivity contribution in [2.24, 2.45) is 0 Å². The van der Waals surface area contributed by atoms with Crippen LogP contribution in [0.3, 0.4) is 0 Å². The summed E-state index contributed by atoms with van der Waals surface area (Å²) in [7, 11) is 0. The van der Waals surface area contributed by atoms with Crippen molar-refractivity contribution in [1.29, 1.82) is 0 Å². The lowest BCUT2D eigenvalue weighted by Crippen LogP contribution is -2.09. The summed E-state index contributed by atoms with van der Waals surface area (Å²) < 4.78 is 19.3. The van der Waals surface area contributed by atoms with E-state index in [0.717, 1.165) is 6.42 Å². The summed E-state index contributed by atoms with van der Waals surface area (Å²) in [6.07, 6.45) is 4.50. The fourth-order valence-electron chi connectivity index (χ4n) is 1.71. The predicted octanol–water partition coefficient (Wildman–Crippen LogP) is 4.86. The van der Waals surface area contributed by atoms with E-state index < -0.39 is 0 Å². The quantitative estimate of drug-likeness (QED) is 0.492. The van der Waals surface area contributed by atoms with Crippen molar-refractivity contribution in [3.63, 3.8) is 0 Å². The van der Waals surface area contributed by atoms with Crippen LogP contribution in [-0.2, 0) is 4.74 Å². The maximum absolute atomic E-state index is 13.6. The topological polar surface area (TPSA) is 9.23 Å². The zero-order valence-corrected chi connectivity index (χ0v) is 11.9. The Labute approximate surface area is 111 Å². The van der Waals surface area contributed by atoms with Gasteiger partial charge in [0.1, 0.15) is 5.82 Å². The number of unbranched alkanes of at least 4 members (excludes halogenated alkanes) is 3. The van der Waals surface area contributed by atoms with E-state index in [1.165, 1.54) is 25.3 Å². The lowest BCUT2D eigenvalue weighted by atomic mass is 10.1. The second-order valence-corrected chi connectivity index (χ2v) is 4.74. The summed E-state index contributed by atoms with van der Waals surface area (Å²) >= 11 is 3.38. The fraction of sp³-hybridized carbons (Fsp3) is 0.571. The second kappa shape index (κ2) is 8.65. The van der Waals surface area contributed by atoms with Crippen molar-refractivity contribution >= 4 is 15.9 Å². The van der Waals surface area contributed by atoms with Crippen molar-refractivity contribution in [2.45, 2.75) is 38.7 Å². The van der Waals surface area contributed by atoms with Crippen LogP contribution in [-0.4, -0.2) is 11.9 Å². The van der Waals surface area contributed by atoms with Crippen LogP contribution in [0.5, 0.6) is 0 Å². The Hall–Kier alpha value is -0.410. The molecule has 96 valence electrons. The van der Waals surface area contributed by atoms with Crippen LogP contribution < -0.4 is 0 Å². The molecule has 0 fully saturated rings. The second-order valence-electron chi connectivity index (χ2n) is 4.10. The Kier molecular flexibility index (Phi) is 7.45. The molecule has 1 aromatic carbocycles. The number of hydrogen-bond donors (Lipinski definition) is 0. The van der Waals surface area contributed by atoms with Crippen LogP contribution in [0.4, 0.5) is 4.39 Å². The first kappa shape index (κ1) is 14.7. The smallest absolute Gasteiger partial charge is 0.129 e. The normalized spacial score (nSPS) is 12.6. The van der Waals surface area contributed by atoms with Gasteiger partial charge >= 0.3 is 0 Å². The van der Waals surface area contributed by atoms with Crippen molar-refractivity contribution in [2.75, 3.05) is 11.9 Å². The van der Waals surface area contributed by atoms with Gasteiger partial charge in [0.25, 0.3) is 0 Å². The molecule has 1 aromatic rings. The van der Waals surface area contributed by atoms with E-state index in [1.807, 2.05) is 6.07 Å². The maximum atomic E-state index is 13.6. The van der Waals surface area contributed by atoms with E-state index in [1.54, 1.807) is 12.1 Å². The van der Waals surface area contributed by atoms with Gasteiger partial charge in [-0.25, -0.2) is 4.39 Å². The Morgan fingerprint density at radius 3 is 2.65 bits per heavy atom. The molecule has 1 unspecified atom stereocenters. The molecular weight excluding hydrogens is 283 g/mol. The maximum Gasteiger partial charge on any atom is 0.129 e. The minimum Gasteiger partial charge on any atom is -0.373 e. The molecular formula is C14H20BrFO. The van der Waals surface area contributed by atoms with Crippen molar-refractivity contribution in [1.82, 2.24) is 0 Å². The van der Waals surface area contributed by atoms with Crippen LogP contribution in [0, 0.1) is 5.82 Å². The lowest BCUT2D eigenvalue weighted by Gasteiger charge is -2.16. The van der Waals surface area contributed by atoms with Gasteiger partial charge in [0, 0.05) is 17.5 Å². The monoisotopic (exact) mass is 302 g/mol. The predicted molar refractivity (Wildman–Crippen MR) is 73.0 cm³/mol. The van der Waals surface area contributed by atoms with E-state index in [4.69, 9.17) is 4.74 Å².